The van der Waals surface area contributed by atoms with Crippen LogP contribution in [0.15, 0.2) is 24.3 Å². The summed E-state index contributed by atoms with van der Waals surface area (Å²) >= 11 is 0. The molecule has 160 valence electrons. The summed E-state index contributed by atoms with van der Waals surface area (Å²) in [5.74, 6) is -0.538. The van der Waals surface area contributed by atoms with Crippen LogP contribution in [0.2, 0.25) is 0 Å². The van der Waals surface area contributed by atoms with Gasteiger partial charge in [-0.15, -0.1) is 0 Å². The third-order valence-corrected chi connectivity index (χ3v) is 7.86. The molecule has 2 aliphatic heterocycles. The standard InChI is InChI=1S/C19H23F3N2O4S/c20-19(21,22)13-3-1-12(2-4-13)14-9-15(14)18(26)24-7-5-23(6-8-24)16-10-29(27,28)11-17(16)25/h1-4,14-17,25H,5-11H2/t14-,15-,16+,17-/m1/s1. The number of piperazine rings is 1. The quantitative estimate of drug-likeness (QED) is 0.775. The molecule has 10 heteroatoms. The second-order valence-corrected chi connectivity index (χ2v) is 10.3. The molecular formula is C19H23F3N2O4S. The molecule has 0 aromatic heterocycles. The number of benzene rings is 1. The molecule has 4 atom stereocenters. The molecule has 1 saturated carbocycles. The number of alkyl halides is 3. The van der Waals surface area contributed by atoms with Crippen LogP contribution < -0.4 is 0 Å². The second kappa shape index (κ2) is 7.24. The van der Waals surface area contributed by atoms with Crippen molar-refractivity contribution in [3.8, 4) is 0 Å². The topological polar surface area (TPSA) is 77.9 Å². The predicted octanol–water partition coefficient (Wildman–Crippen LogP) is 1.11. The van der Waals surface area contributed by atoms with Gasteiger partial charge in [-0.05, 0) is 30.0 Å². The molecule has 1 aromatic rings. The van der Waals surface area contributed by atoms with E-state index in [1.165, 1.54) is 12.1 Å². The van der Waals surface area contributed by atoms with Gasteiger partial charge >= 0.3 is 6.18 Å². The van der Waals surface area contributed by atoms with Crippen molar-refractivity contribution in [3.05, 3.63) is 35.4 Å². The number of halogens is 3. The molecule has 1 aliphatic carbocycles. The summed E-state index contributed by atoms with van der Waals surface area (Å²) in [4.78, 5) is 16.4. The fourth-order valence-corrected chi connectivity index (χ4v) is 6.26. The zero-order valence-corrected chi connectivity index (χ0v) is 16.5. The first-order chi connectivity index (χ1) is 13.5. The van der Waals surface area contributed by atoms with E-state index in [0.29, 0.717) is 32.6 Å². The van der Waals surface area contributed by atoms with Crippen LogP contribution in [0.25, 0.3) is 0 Å². The van der Waals surface area contributed by atoms with E-state index in [0.717, 1.165) is 17.7 Å². The molecule has 6 nitrogen and oxygen atoms in total. The van der Waals surface area contributed by atoms with Crippen LogP contribution in [0.3, 0.4) is 0 Å². The number of rotatable bonds is 3. The maximum absolute atomic E-state index is 12.7. The molecule has 4 rings (SSSR count). The fourth-order valence-electron chi connectivity index (χ4n) is 4.42. The normalized spacial score (nSPS) is 32.3. The Bertz CT molecular complexity index is 880. The molecule has 3 aliphatic rings. The summed E-state index contributed by atoms with van der Waals surface area (Å²) in [7, 11) is -3.22. The summed E-state index contributed by atoms with van der Waals surface area (Å²) in [6, 6.07) is 4.57. The number of aliphatic hydroxyl groups excluding tert-OH is 1. The molecule has 1 aromatic carbocycles. The Morgan fingerprint density at radius 2 is 1.66 bits per heavy atom. The van der Waals surface area contributed by atoms with Gasteiger partial charge in [-0.2, -0.15) is 13.2 Å². The van der Waals surface area contributed by atoms with Gasteiger partial charge in [0.2, 0.25) is 5.91 Å². The molecule has 0 bridgehead atoms. The molecule has 2 saturated heterocycles. The first-order valence-electron chi connectivity index (χ1n) is 9.64. The number of hydrogen-bond acceptors (Lipinski definition) is 5. The molecule has 1 N–H and O–H groups in total. The first kappa shape index (κ1) is 20.6. The smallest absolute Gasteiger partial charge is 0.390 e. The molecule has 0 unspecified atom stereocenters. The van der Waals surface area contributed by atoms with Gasteiger partial charge < -0.3 is 10.0 Å². The van der Waals surface area contributed by atoms with E-state index >= 15 is 0 Å². The number of hydrogen-bond donors (Lipinski definition) is 1. The van der Waals surface area contributed by atoms with Crippen LogP contribution in [0, 0.1) is 5.92 Å². The summed E-state index contributed by atoms with van der Waals surface area (Å²) in [6.07, 6.45) is -4.64. The van der Waals surface area contributed by atoms with Crippen LogP contribution in [-0.4, -0.2) is 79.1 Å². The van der Waals surface area contributed by atoms with E-state index in [2.05, 4.69) is 0 Å². The fraction of sp³-hybridized carbons (Fsp3) is 0.632. The third-order valence-electron chi connectivity index (χ3n) is 6.16. The molecule has 0 radical (unpaired) electrons. The monoisotopic (exact) mass is 432 g/mol. The summed E-state index contributed by atoms with van der Waals surface area (Å²) < 4.78 is 61.4. The summed E-state index contributed by atoms with van der Waals surface area (Å²) in [5.41, 5.74) is 0.0475. The van der Waals surface area contributed by atoms with Gasteiger partial charge in [0, 0.05) is 32.1 Å². The average molecular weight is 432 g/mol. The lowest BCUT2D eigenvalue weighted by atomic mass is 10.1. The largest absolute Gasteiger partial charge is 0.416 e. The van der Waals surface area contributed by atoms with Gasteiger partial charge in [-0.25, -0.2) is 8.42 Å². The number of carbonyl (C=O) groups is 1. The lowest BCUT2D eigenvalue weighted by Gasteiger charge is -2.38. The zero-order valence-electron chi connectivity index (χ0n) is 15.7. The number of nitrogens with zero attached hydrogens (tertiary/aromatic N) is 2. The van der Waals surface area contributed by atoms with Gasteiger partial charge in [0.1, 0.15) is 0 Å². The predicted molar refractivity (Wildman–Crippen MR) is 98.9 cm³/mol. The van der Waals surface area contributed by atoms with Crippen LogP contribution >= 0.6 is 0 Å². The van der Waals surface area contributed by atoms with Crippen molar-refractivity contribution in [1.82, 2.24) is 9.80 Å². The third kappa shape index (κ3) is 4.29. The Balaban J connectivity index is 1.31. The second-order valence-electron chi connectivity index (χ2n) is 8.14. The Morgan fingerprint density at radius 1 is 1.03 bits per heavy atom. The van der Waals surface area contributed by atoms with Crippen molar-refractivity contribution in [3.63, 3.8) is 0 Å². The molecule has 3 fully saturated rings. The Kier molecular flexibility index (Phi) is 5.15. The highest BCUT2D eigenvalue weighted by Crippen LogP contribution is 2.49. The first-order valence-corrected chi connectivity index (χ1v) is 11.5. The summed E-state index contributed by atoms with van der Waals surface area (Å²) in [6.45, 7) is 1.91. The van der Waals surface area contributed by atoms with Crippen LogP contribution in [-0.2, 0) is 20.8 Å². The Hall–Kier alpha value is -1.65. The van der Waals surface area contributed by atoms with Crippen LogP contribution in [0.1, 0.15) is 23.5 Å². The zero-order chi connectivity index (χ0) is 21.0. The van der Waals surface area contributed by atoms with Crippen LogP contribution in [0.4, 0.5) is 13.2 Å². The average Bonchev–Trinajstić information content (AvgIpc) is 3.40. The number of sulfone groups is 1. The van der Waals surface area contributed by atoms with Gasteiger partial charge in [0.15, 0.2) is 9.84 Å². The molecule has 0 spiro atoms. The van der Waals surface area contributed by atoms with Crippen molar-refractivity contribution in [2.45, 2.75) is 30.7 Å². The SMILES string of the molecule is O=C([C@@H]1C[C@@H]1c1ccc(C(F)(F)F)cc1)N1CCN([C@H]2CS(=O)(=O)C[C@H]2O)CC1. The van der Waals surface area contributed by atoms with E-state index in [1.54, 1.807) is 4.90 Å². The maximum atomic E-state index is 12.7. The highest BCUT2D eigenvalue weighted by molar-refractivity contribution is 7.91. The molecule has 2 heterocycles. The number of carbonyl (C=O) groups excluding carboxylic acids is 1. The van der Waals surface area contributed by atoms with E-state index in [1.807, 2.05) is 4.90 Å². The van der Waals surface area contributed by atoms with Crippen molar-refractivity contribution >= 4 is 15.7 Å². The lowest BCUT2D eigenvalue weighted by Crippen LogP contribution is -2.55. The van der Waals surface area contributed by atoms with Crippen molar-refractivity contribution in [1.29, 1.82) is 0 Å². The minimum Gasteiger partial charge on any atom is -0.390 e. The van der Waals surface area contributed by atoms with Crippen molar-refractivity contribution in [2.75, 3.05) is 37.7 Å². The minimum atomic E-state index is -4.37. The molecular weight excluding hydrogens is 409 g/mol. The molecule has 1 amide bonds. The van der Waals surface area contributed by atoms with E-state index < -0.39 is 33.7 Å². The highest BCUT2D eigenvalue weighted by Gasteiger charge is 2.47. The minimum absolute atomic E-state index is 0.00543. The van der Waals surface area contributed by atoms with Gasteiger partial charge in [-0.1, -0.05) is 12.1 Å². The number of aliphatic hydroxyl groups is 1. The lowest BCUT2D eigenvalue weighted by molar-refractivity contribution is -0.137. The van der Waals surface area contributed by atoms with E-state index in [-0.39, 0.29) is 29.2 Å². The van der Waals surface area contributed by atoms with E-state index in [4.69, 9.17) is 0 Å². The van der Waals surface area contributed by atoms with E-state index in [9.17, 15) is 31.5 Å². The van der Waals surface area contributed by atoms with Crippen LogP contribution in [0.5, 0.6) is 0 Å². The van der Waals surface area contributed by atoms with Gasteiger partial charge in [-0.3, -0.25) is 9.69 Å². The van der Waals surface area contributed by atoms with Crippen molar-refractivity contribution < 1.29 is 31.5 Å². The van der Waals surface area contributed by atoms with Gasteiger partial charge in [0.05, 0.1) is 29.2 Å². The highest BCUT2D eigenvalue weighted by atomic mass is 32.2. The molecule has 29 heavy (non-hydrogen) atoms. The Morgan fingerprint density at radius 3 is 2.17 bits per heavy atom. The van der Waals surface area contributed by atoms with Crippen molar-refractivity contribution in [2.24, 2.45) is 5.92 Å². The maximum Gasteiger partial charge on any atom is 0.416 e. The van der Waals surface area contributed by atoms with Gasteiger partial charge in [0.25, 0.3) is 0 Å². The summed E-state index contributed by atoms with van der Waals surface area (Å²) in [5, 5.41) is 10.0. The Labute approximate surface area is 167 Å². The number of amides is 1.